The molecule has 4 rings (SSSR count). The van der Waals surface area contributed by atoms with Crippen LogP contribution in [0.2, 0.25) is 5.02 Å². The topological polar surface area (TPSA) is 139 Å². The first-order chi connectivity index (χ1) is 19.2. The van der Waals surface area contributed by atoms with Gasteiger partial charge in [-0.3, -0.25) is 19.2 Å². The first-order valence-electron chi connectivity index (χ1n) is 13.3. The van der Waals surface area contributed by atoms with Gasteiger partial charge in [0.25, 0.3) is 5.91 Å². The molecule has 10 heteroatoms. The number of fused-ring (bicyclic) bond motifs is 1. The van der Waals surface area contributed by atoms with E-state index in [-0.39, 0.29) is 44.4 Å². The summed E-state index contributed by atoms with van der Waals surface area (Å²) in [7, 11) is 0. The van der Waals surface area contributed by atoms with E-state index in [0.29, 0.717) is 17.0 Å². The molecule has 1 saturated heterocycles. The van der Waals surface area contributed by atoms with E-state index in [2.05, 4.69) is 5.32 Å². The quantitative estimate of drug-likeness (QED) is 0.367. The number of amides is 4. The van der Waals surface area contributed by atoms with E-state index in [1.165, 1.54) is 9.80 Å². The van der Waals surface area contributed by atoms with Crippen LogP contribution in [0, 0.1) is 0 Å². The van der Waals surface area contributed by atoms with Gasteiger partial charge < -0.3 is 26.6 Å². The number of hydrogen-bond donors (Lipinski definition) is 3. The minimum absolute atomic E-state index is 0.0850. The van der Waals surface area contributed by atoms with Crippen molar-refractivity contribution in [2.45, 2.75) is 44.3 Å². The molecule has 0 aromatic heterocycles. The fourth-order valence-corrected chi connectivity index (χ4v) is 5.51. The second-order valence-electron chi connectivity index (χ2n) is 10.0. The zero-order valence-electron chi connectivity index (χ0n) is 22.4. The van der Waals surface area contributed by atoms with E-state index in [0.717, 1.165) is 16.3 Å². The number of nitrogens with zero attached hydrogens (tertiary/aromatic N) is 2. The minimum atomic E-state index is -1.07. The van der Waals surface area contributed by atoms with Crippen molar-refractivity contribution in [1.82, 2.24) is 15.1 Å². The van der Waals surface area contributed by atoms with E-state index >= 15 is 0 Å². The Kier molecular flexibility index (Phi) is 9.39. The number of carbonyl (C=O) groups is 4. The Morgan fingerprint density at radius 1 is 1.07 bits per heavy atom. The van der Waals surface area contributed by atoms with Crippen LogP contribution in [0.4, 0.5) is 0 Å². The summed E-state index contributed by atoms with van der Waals surface area (Å²) in [5, 5.41) is 4.98. The third kappa shape index (κ3) is 6.43. The summed E-state index contributed by atoms with van der Waals surface area (Å²) in [6, 6.07) is 18.0. The molecule has 3 aromatic rings. The van der Waals surface area contributed by atoms with Crippen LogP contribution in [0.3, 0.4) is 0 Å². The molecule has 0 spiro atoms. The third-order valence-corrected chi connectivity index (χ3v) is 7.55. The lowest BCUT2D eigenvalue weighted by molar-refractivity contribution is -0.148. The highest BCUT2D eigenvalue weighted by molar-refractivity contribution is 6.30. The van der Waals surface area contributed by atoms with Crippen molar-refractivity contribution in [2.24, 2.45) is 11.5 Å². The molecule has 9 nitrogen and oxygen atoms in total. The smallest absolute Gasteiger partial charge is 0.250 e. The lowest BCUT2D eigenvalue weighted by Crippen LogP contribution is -2.53. The molecule has 40 heavy (non-hydrogen) atoms. The molecular formula is C30H34ClN5O4. The van der Waals surface area contributed by atoms with Crippen LogP contribution < -0.4 is 16.8 Å². The van der Waals surface area contributed by atoms with Crippen LogP contribution in [-0.2, 0) is 25.6 Å². The lowest BCUT2D eigenvalue weighted by atomic mass is 9.96. The van der Waals surface area contributed by atoms with Gasteiger partial charge in [0.1, 0.15) is 12.1 Å². The van der Waals surface area contributed by atoms with Gasteiger partial charge in [-0.15, -0.1) is 0 Å². The van der Waals surface area contributed by atoms with Crippen molar-refractivity contribution in [1.29, 1.82) is 0 Å². The van der Waals surface area contributed by atoms with Crippen molar-refractivity contribution >= 4 is 46.0 Å². The summed E-state index contributed by atoms with van der Waals surface area (Å²) in [4.78, 5) is 55.7. The summed E-state index contributed by atoms with van der Waals surface area (Å²) in [5.74, 6) is -1.85. The van der Waals surface area contributed by atoms with E-state index in [1.807, 2.05) is 49.4 Å². The third-order valence-electron chi connectivity index (χ3n) is 7.32. The van der Waals surface area contributed by atoms with Gasteiger partial charge in [0.15, 0.2) is 0 Å². The molecule has 210 valence electrons. The first kappa shape index (κ1) is 29.0. The van der Waals surface area contributed by atoms with Gasteiger partial charge in [0.2, 0.25) is 17.7 Å². The van der Waals surface area contributed by atoms with Crippen molar-refractivity contribution < 1.29 is 19.2 Å². The number of hydrogen-bond acceptors (Lipinski definition) is 5. The number of benzene rings is 3. The highest BCUT2D eigenvalue weighted by atomic mass is 35.5. The fourth-order valence-electron chi connectivity index (χ4n) is 5.31. The molecule has 1 fully saturated rings. The Morgan fingerprint density at radius 2 is 1.80 bits per heavy atom. The van der Waals surface area contributed by atoms with Crippen LogP contribution >= 0.6 is 11.6 Å². The molecule has 0 bridgehead atoms. The van der Waals surface area contributed by atoms with Gasteiger partial charge in [0, 0.05) is 37.0 Å². The Morgan fingerprint density at radius 3 is 2.52 bits per heavy atom. The van der Waals surface area contributed by atoms with Gasteiger partial charge in [-0.05, 0) is 47.4 Å². The van der Waals surface area contributed by atoms with Gasteiger partial charge >= 0.3 is 0 Å². The van der Waals surface area contributed by atoms with Crippen LogP contribution in [0.25, 0.3) is 10.8 Å². The van der Waals surface area contributed by atoms with E-state index in [4.69, 9.17) is 23.1 Å². The summed E-state index contributed by atoms with van der Waals surface area (Å²) in [5.41, 5.74) is 12.8. The van der Waals surface area contributed by atoms with Crippen molar-refractivity contribution in [3.8, 4) is 0 Å². The predicted octanol–water partition coefficient (Wildman–Crippen LogP) is 2.55. The van der Waals surface area contributed by atoms with Crippen LogP contribution in [0.5, 0.6) is 0 Å². The largest absolute Gasteiger partial charge is 0.368 e. The van der Waals surface area contributed by atoms with Gasteiger partial charge in [-0.2, -0.15) is 0 Å². The molecule has 5 N–H and O–H groups in total. The van der Waals surface area contributed by atoms with Gasteiger partial charge in [-0.1, -0.05) is 66.2 Å². The maximum atomic E-state index is 14.3. The molecule has 1 aliphatic heterocycles. The number of carbonyl (C=O) groups excluding carboxylic acids is 4. The normalized spacial score (nSPS) is 18.3. The standard InChI is InChI=1S/C30H34ClN5O4/c1-19-13-15-35(25(29(33)39)17-21-8-4-7-20-6-2-3-11-24(20)21)30(40)28(22-9-5-10-23(31)16-22)36(19)27(38)18-34-26(37)12-14-32/h2-11,16,19,25,28H,12-15,17-18,32H2,1H3,(H2,33,39)(H,34,37)/t19-,25?,28+/m1/s1. The van der Waals surface area contributed by atoms with Crippen molar-refractivity contribution in [3.63, 3.8) is 0 Å². The fraction of sp³-hybridized carbons (Fsp3) is 0.333. The highest BCUT2D eigenvalue weighted by Gasteiger charge is 2.43. The van der Waals surface area contributed by atoms with Crippen molar-refractivity contribution in [3.05, 3.63) is 82.9 Å². The summed E-state index contributed by atoms with van der Waals surface area (Å²) in [6.07, 6.45) is 0.717. The first-order valence-corrected chi connectivity index (χ1v) is 13.7. The zero-order chi connectivity index (χ0) is 28.8. The van der Waals surface area contributed by atoms with E-state index < -0.39 is 29.8 Å². The average Bonchev–Trinajstić information content (AvgIpc) is 3.06. The molecule has 3 atom stereocenters. The molecule has 0 radical (unpaired) electrons. The summed E-state index contributed by atoms with van der Waals surface area (Å²) < 4.78 is 0. The molecule has 1 unspecified atom stereocenters. The zero-order valence-corrected chi connectivity index (χ0v) is 23.1. The Balaban J connectivity index is 1.72. The van der Waals surface area contributed by atoms with E-state index in [9.17, 15) is 19.2 Å². The molecule has 0 saturated carbocycles. The molecule has 0 aliphatic carbocycles. The van der Waals surface area contributed by atoms with Gasteiger partial charge in [-0.25, -0.2) is 0 Å². The number of nitrogens with one attached hydrogen (secondary N) is 1. The maximum Gasteiger partial charge on any atom is 0.250 e. The van der Waals surface area contributed by atoms with Crippen LogP contribution in [-0.4, -0.2) is 65.1 Å². The second-order valence-corrected chi connectivity index (χ2v) is 10.4. The number of primary amides is 1. The number of nitrogens with two attached hydrogens (primary N) is 2. The summed E-state index contributed by atoms with van der Waals surface area (Å²) >= 11 is 6.29. The molecule has 3 aromatic carbocycles. The molecule has 1 aliphatic rings. The number of rotatable bonds is 9. The minimum Gasteiger partial charge on any atom is -0.368 e. The van der Waals surface area contributed by atoms with Crippen LogP contribution in [0.15, 0.2) is 66.7 Å². The predicted molar refractivity (Wildman–Crippen MR) is 154 cm³/mol. The Hall–Kier alpha value is -3.95. The van der Waals surface area contributed by atoms with Crippen molar-refractivity contribution in [2.75, 3.05) is 19.6 Å². The molecule has 4 amide bonds. The molecular weight excluding hydrogens is 530 g/mol. The Labute approximate surface area is 238 Å². The molecule has 1 heterocycles. The monoisotopic (exact) mass is 563 g/mol. The van der Waals surface area contributed by atoms with Crippen LogP contribution in [0.1, 0.15) is 36.9 Å². The Bertz CT molecular complexity index is 1410. The second kappa shape index (κ2) is 12.9. The highest BCUT2D eigenvalue weighted by Crippen LogP contribution is 2.33. The maximum absolute atomic E-state index is 14.3. The average molecular weight is 564 g/mol. The lowest BCUT2D eigenvalue weighted by Gasteiger charge is -2.36. The van der Waals surface area contributed by atoms with E-state index in [1.54, 1.807) is 24.3 Å². The summed E-state index contributed by atoms with van der Waals surface area (Å²) in [6.45, 7) is 1.93. The SMILES string of the molecule is C[C@@H]1CCN(C(Cc2cccc3ccccc23)C(N)=O)C(=O)[C@H](c2cccc(Cl)c2)N1C(=O)CNC(=O)CCN. The van der Waals surface area contributed by atoms with Gasteiger partial charge in [0.05, 0.1) is 6.54 Å². The number of halogens is 1.